The fraction of sp³-hybridized carbons (Fsp3) is 1.00. The van der Waals surface area contributed by atoms with Crippen molar-refractivity contribution in [3.8, 4) is 0 Å². The molecule has 2 atom stereocenters. The highest BCUT2D eigenvalue weighted by atomic mass is 16.5. The van der Waals surface area contributed by atoms with E-state index in [9.17, 15) is 5.11 Å². The second-order valence-corrected chi connectivity index (χ2v) is 4.61. The first-order valence-electron chi connectivity index (χ1n) is 6.40. The van der Waals surface area contributed by atoms with Crippen molar-refractivity contribution in [1.82, 2.24) is 10.2 Å². The Morgan fingerprint density at radius 1 is 1.47 bits per heavy atom. The number of nitrogens with zero attached hydrogens (tertiary/aromatic N) is 1. The maximum absolute atomic E-state index is 9.83. The van der Waals surface area contributed by atoms with Crippen LogP contribution < -0.4 is 5.32 Å². The first-order chi connectivity index (χ1) is 8.26. The molecule has 0 bridgehead atoms. The molecule has 1 aliphatic rings. The van der Waals surface area contributed by atoms with Crippen LogP contribution in [-0.2, 0) is 9.47 Å². The predicted molar refractivity (Wildman–Crippen MR) is 67.2 cm³/mol. The van der Waals surface area contributed by atoms with Crippen molar-refractivity contribution in [2.75, 3.05) is 53.6 Å². The van der Waals surface area contributed by atoms with Crippen LogP contribution in [0.4, 0.5) is 0 Å². The highest BCUT2D eigenvalue weighted by molar-refractivity contribution is 4.78. The minimum absolute atomic E-state index is 0.393. The summed E-state index contributed by atoms with van der Waals surface area (Å²) in [7, 11) is 3.64. The third-order valence-electron chi connectivity index (χ3n) is 3.12. The largest absolute Gasteiger partial charge is 0.389 e. The highest BCUT2D eigenvalue weighted by Gasteiger charge is 2.20. The highest BCUT2D eigenvalue weighted by Crippen LogP contribution is 2.10. The van der Waals surface area contributed by atoms with Crippen molar-refractivity contribution in [3.05, 3.63) is 0 Å². The molecule has 5 nitrogen and oxygen atoms in total. The average molecular weight is 246 g/mol. The van der Waals surface area contributed by atoms with Crippen LogP contribution in [0.25, 0.3) is 0 Å². The number of hydrogen-bond donors (Lipinski definition) is 2. The van der Waals surface area contributed by atoms with Crippen molar-refractivity contribution in [1.29, 1.82) is 0 Å². The number of methoxy groups -OCH3 is 1. The van der Waals surface area contributed by atoms with E-state index >= 15 is 0 Å². The summed E-state index contributed by atoms with van der Waals surface area (Å²) < 4.78 is 10.2. The molecule has 0 amide bonds. The molecule has 0 aromatic carbocycles. The SMILES string of the molecule is CNC1CCCN(CC(O)COCCOC)C1. The molecule has 0 aromatic rings. The van der Waals surface area contributed by atoms with E-state index < -0.39 is 6.10 Å². The van der Waals surface area contributed by atoms with Gasteiger partial charge < -0.3 is 19.9 Å². The molecule has 5 heteroatoms. The zero-order valence-electron chi connectivity index (χ0n) is 11.0. The van der Waals surface area contributed by atoms with Crippen molar-refractivity contribution in [2.45, 2.75) is 25.0 Å². The number of ether oxygens (including phenoxy) is 2. The van der Waals surface area contributed by atoms with Gasteiger partial charge in [0.15, 0.2) is 0 Å². The fourth-order valence-corrected chi connectivity index (χ4v) is 2.17. The Morgan fingerprint density at radius 3 is 3.00 bits per heavy atom. The van der Waals surface area contributed by atoms with Crippen LogP contribution >= 0.6 is 0 Å². The van der Waals surface area contributed by atoms with Gasteiger partial charge in [-0.15, -0.1) is 0 Å². The minimum Gasteiger partial charge on any atom is -0.389 e. The molecule has 1 fully saturated rings. The molecule has 0 saturated carbocycles. The van der Waals surface area contributed by atoms with Gasteiger partial charge >= 0.3 is 0 Å². The molecule has 1 heterocycles. The van der Waals surface area contributed by atoms with Gasteiger partial charge in [0.05, 0.1) is 25.9 Å². The predicted octanol–water partition coefficient (Wildman–Crippen LogP) is -0.306. The first-order valence-corrected chi connectivity index (χ1v) is 6.40. The Morgan fingerprint density at radius 2 is 2.29 bits per heavy atom. The van der Waals surface area contributed by atoms with Gasteiger partial charge in [0, 0.05) is 26.2 Å². The van der Waals surface area contributed by atoms with Crippen molar-refractivity contribution in [3.63, 3.8) is 0 Å². The van der Waals surface area contributed by atoms with Crippen LogP contribution in [0, 0.1) is 0 Å². The lowest BCUT2D eigenvalue weighted by molar-refractivity contribution is -0.00413. The number of hydrogen-bond acceptors (Lipinski definition) is 5. The molecule has 2 N–H and O–H groups in total. The molecule has 0 aliphatic carbocycles. The number of piperidine rings is 1. The second kappa shape index (κ2) is 8.83. The van der Waals surface area contributed by atoms with E-state index in [2.05, 4.69) is 10.2 Å². The molecule has 17 heavy (non-hydrogen) atoms. The zero-order valence-corrected chi connectivity index (χ0v) is 11.0. The van der Waals surface area contributed by atoms with E-state index in [4.69, 9.17) is 9.47 Å². The van der Waals surface area contributed by atoms with Crippen LogP contribution in [0.2, 0.25) is 0 Å². The Labute approximate surface area is 104 Å². The molecular formula is C12H26N2O3. The molecule has 0 spiro atoms. The van der Waals surface area contributed by atoms with Crippen molar-refractivity contribution >= 4 is 0 Å². The van der Waals surface area contributed by atoms with Gasteiger partial charge in [0.25, 0.3) is 0 Å². The third-order valence-corrected chi connectivity index (χ3v) is 3.12. The molecule has 1 aliphatic heterocycles. The normalized spacial score (nSPS) is 23.8. The van der Waals surface area contributed by atoms with Crippen LogP contribution in [-0.4, -0.2) is 75.8 Å². The van der Waals surface area contributed by atoms with Gasteiger partial charge in [0.1, 0.15) is 0 Å². The average Bonchev–Trinajstić information content (AvgIpc) is 2.35. The lowest BCUT2D eigenvalue weighted by Gasteiger charge is -2.33. The Bertz CT molecular complexity index is 193. The van der Waals surface area contributed by atoms with Crippen LogP contribution in [0.5, 0.6) is 0 Å². The monoisotopic (exact) mass is 246 g/mol. The molecule has 1 saturated heterocycles. The quantitative estimate of drug-likeness (QED) is 0.576. The molecule has 2 unspecified atom stereocenters. The van der Waals surface area contributed by atoms with E-state index in [0.29, 0.717) is 32.4 Å². The summed E-state index contributed by atoms with van der Waals surface area (Å²) in [4.78, 5) is 2.30. The molecule has 102 valence electrons. The number of β-amino-alcohol motifs (C(OH)–C–C–N with tert-alkyl or cyclic N) is 1. The summed E-state index contributed by atoms with van der Waals surface area (Å²) in [6.45, 7) is 4.32. The fourth-order valence-electron chi connectivity index (χ4n) is 2.17. The third kappa shape index (κ3) is 6.33. The lowest BCUT2D eigenvalue weighted by atomic mass is 10.1. The lowest BCUT2D eigenvalue weighted by Crippen LogP contribution is -2.47. The van der Waals surface area contributed by atoms with E-state index in [1.165, 1.54) is 12.8 Å². The van der Waals surface area contributed by atoms with Crippen LogP contribution in [0.15, 0.2) is 0 Å². The zero-order chi connectivity index (χ0) is 12.5. The van der Waals surface area contributed by atoms with Gasteiger partial charge in [-0.25, -0.2) is 0 Å². The summed E-state index contributed by atoms with van der Waals surface area (Å²) in [5.41, 5.74) is 0. The number of aliphatic hydroxyl groups excluding tert-OH is 1. The van der Waals surface area contributed by atoms with E-state index in [1.807, 2.05) is 7.05 Å². The van der Waals surface area contributed by atoms with Gasteiger partial charge in [-0.05, 0) is 26.4 Å². The summed E-state index contributed by atoms with van der Waals surface area (Å²) in [6, 6.07) is 0.561. The Hall–Kier alpha value is -0.200. The summed E-state index contributed by atoms with van der Waals surface area (Å²) in [5.74, 6) is 0. The molecule has 0 radical (unpaired) electrons. The minimum atomic E-state index is -0.400. The van der Waals surface area contributed by atoms with E-state index in [-0.39, 0.29) is 0 Å². The van der Waals surface area contributed by atoms with Gasteiger partial charge in [0.2, 0.25) is 0 Å². The van der Waals surface area contributed by atoms with Gasteiger partial charge in [-0.2, -0.15) is 0 Å². The molecule has 1 rings (SSSR count). The standard InChI is InChI=1S/C12H26N2O3/c1-13-11-4-3-5-14(8-11)9-12(15)10-17-7-6-16-2/h11-13,15H,3-10H2,1-2H3. The second-order valence-electron chi connectivity index (χ2n) is 4.61. The first kappa shape index (κ1) is 14.9. The number of nitrogens with one attached hydrogen (secondary N) is 1. The number of aliphatic hydroxyl groups is 1. The van der Waals surface area contributed by atoms with Gasteiger partial charge in [-0.3, -0.25) is 4.90 Å². The smallest absolute Gasteiger partial charge is 0.0900 e. The Balaban J connectivity index is 2.10. The number of likely N-dealkylation sites (N-methyl/N-ethyl adjacent to an activating group) is 1. The maximum Gasteiger partial charge on any atom is 0.0900 e. The Kier molecular flexibility index (Phi) is 7.72. The number of likely N-dealkylation sites (tertiary alicyclic amines) is 1. The molecular weight excluding hydrogens is 220 g/mol. The van der Waals surface area contributed by atoms with Crippen molar-refractivity contribution in [2.24, 2.45) is 0 Å². The van der Waals surface area contributed by atoms with E-state index in [0.717, 1.165) is 13.1 Å². The maximum atomic E-state index is 9.83. The van der Waals surface area contributed by atoms with Gasteiger partial charge in [-0.1, -0.05) is 0 Å². The van der Waals surface area contributed by atoms with Crippen LogP contribution in [0.1, 0.15) is 12.8 Å². The van der Waals surface area contributed by atoms with E-state index in [1.54, 1.807) is 7.11 Å². The van der Waals surface area contributed by atoms with Crippen molar-refractivity contribution < 1.29 is 14.6 Å². The molecule has 0 aromatic heterocycles. The summed E-state index contributed by atoms with van der Waals surface area (Å²) in [5, 5.41) is 13.1. The summed E-state index contributed by atoms with van der Waals surface area (Å²) >= 11 is 0. The number of rotatable bonds is 8. The topological polar surface area (TPSA) is 54.0 Å². The summed E-state index contributed by atoms with van der Waals surface area (Å²) in [6.07, 6.45) is 2.03. The van der Waals surface area contributed by atoms with Crippen LogP contribution in [0.3, 0.4) is 0 Å².